The standard InChI is InChI=1S/C18H19ClN2O4S/c1-13(25-17-9-3-14(19)4-10-17)18(22)20-15-5-7-16(8-6-15)21-11-2-12-26(21,23)24/h3-10,13H,2,11-12H2,1H3,(H,20,22)/t13-/m0/s1. The normalized spacial score (nSPS) is 16.9. The first kappa shape index (κ1) is 18.5. The second kappa shape index (κ2) is 7.55. The van der Waals surface area contributed by atoms with Gasteiger partial charge in [0, 0.05) is 17.3 Å². The lowest BCUT2D eigenvalue weighted by molar-refractivity contribution is -0.122. The second-order valence-corrected chi connectivity index (χ2v) is 8.44. The largest absolute Gasteiger partial charge is 0.481 e. The first-order valence-corrected chi connectivity index (χ1v) is 10.2. The fourth-order valence-corrected chi connectivity index (χ4v) is 4.35. The summed E-state index contributed by atoms with van der Waals surface area (Å²) < 4.78 is 30.9. The van der Waals surface area contributed by atoms with E-state index in [1.807, 2.05) is 0 Å². The van der Waals surface area contributed by atoms with Crippen LogP contribution in [0.3, 0.4) is 0 Å². The zero-order valence-corrected chi connectivity index (χ0v) is 15.8. The van der Waals surface area contributed by atoms with Gasteiger partial charge in [-0.25, -0.2) is 8.42 Å². The maximum absolute atomic E-state index is 12.3. The van der Waals surface area contributed by atoms with Crippen molar-refractivity contribution in [2.45, 2.75) is 19.4 Å². The minimum absolute atomic E-state index is 0.172. The fourth-order valence-electron chi connectivity index (χ4n) is 2.66. The van der Waals surface area contributed by atoms with E-state index in [1.165, 1.54) is 4.31 Å². The van der Waals surface area contributed by atoms with Gasteiger partial charge in [-0.3, -0.25) is 9.10 Å². The smallest absolute Gasteiger partial charge is 0.265 e. The quantitative estimate of drug-likeness (QED) is 0.844. The molecule has 1 aliphatic rings. The van der Waals surface area contributed by atoms with Gasteiger partial charge in [0.15, 0.2) is 6.10 Å². The van der Waals surface area contributed by atoms with E-state index in [-0.39, 0.29) is 11.7 Å². The van der Waals surface area contributed by atoms with Crippen LogP contribution in [0.5, 0.6) is 5.75 Å². The molecule has 1 saturated heterocycles. The van der Waals surface area contributed by atoms with Gasteiger partial charge >= 0.3 is 0 Å². The number of sulfonamides is 1. The Balaban J connectivity index is 1.61. The van der Waals surface area contributed by atoms with Crippen molar-refractivity contribution in [3.8, 4) is 5.75 Å². The third-order valence-electron chi connectivity index (χ3n) is 4.02. The molecule has 0 unspecified atom stereocenters. The molecule has 138 valence electrons. The van der Waals surface area contributed by atoms with Crippen LogP contribution in [0.25, 0.3) is 0 Å². The highest BCUT2D eigenvalue weighted by molar-refractivity contribution is 7.93. The van der Waals surface area contributed by atoms with Gasteiger partial charge in [0.05, 0.1) is 11.4 Å². The molecule has 0 spiro atoms. The lowest BCUT2D eigenvalue weighted by Gasteiger charge is -2.18. The number of benzene rings is 2. The van der Waals surface area contributed by atoms with Crippen LogP contribution in [0.1, 0.15) is 13.3 Å². The minimum Gasteiger partial charge on any atom is -0.481 e. The van der Waals surface area contributed by atoms with Gasteiger partial charge in [0.1, 0.15) is 5.75 Å². The number of ether oxygens (including phenoxy) is 1. The van der Waals surface area contributed by atoms with Crippen molar-refractivity contribution >= 4 is 38.9 Å². The van der Waals surface area contributed by atoms with E-state index in [0.717, 1.165) is 0 Å². The van der Waals surface area contributed by atoms with Crippen LogP contribution in [-0.4, -0.2) is 32.7 Å². The Kier molecular flexibility index (Phi) is 5.38. The Labute approximate surface area is 157 Å². The molecule has 26 heavy (non-hydrogen) atoms. The molecule has 1 heterocycles. The summed E-state index contributed by atoms with van der Waals surface area (Å²) in [5.74, 6) is 0.415. The van der Waals surface area contributed by atoms with E-state index in [1.54, 1.807) is 55.5 Å². The molecule has 0 aliphatic carbocycles. The SMILES string of the molecule is C[C@H](Oc1ccc(Cl)cc1)C(=O)Nc1ccc(N2CCCS2(=O)=O)cc1. The Bertz CT molecular complexity index is 882. The predicted molar refractivity (Wildman–Crippen MR) is 102 cm³/mol. The third-order valence-corrected chi connectivity index (χ3v) is 6.14. The number of rotatable bonds is 5. The van der Waals surface area contributed by atoms with Crippen LogP contribution in [0.2, 0.25) is 5.02 Å². The Morgan fingerprint density at radius 3 is 2.38 bits per heavy atom. The van der Waals surface area contributed by atoms with E-state index in [2.05, 4.69) is 5.32 Å². The molecule has 1 fully saturated rings. The number of carbonyl (C=O) groups is 1. The summed E-state index contributed by atoms with van der Waals surface area (Å²) in [5, 5.41) is 3.35. The molecule has 8 heteroatoms. The lowest BCUT2D eigenvalue weighted by Crippen LogP contribution is -2.30. The van der Waals surface area contributed by atoms with Gasteiger partial charge in [-0.15, -0.1) is 0 Å². The van der Waals surface area contributed by atoms with Gasteiger partial charge in [-0.05, 0) is 61.9 Å². The van der Waals surface area contributed by atoms with E-state index in [9.17, 15) is 13.2 Å². The number of carbonyl (C=O) groups excluding carboxylic acids is 1. The van der Waals surface area contributed by atoms with Crippen LogP contribution >= 0.6 is 11.6 Å². The highest BCUT2D eigenvalue weighted by Gasteiger charge is 2.28. The van der Waals surface area contributed by atoms with E-state index in [0.29, 0.717) is 35.1 Å². The highest BCUT2D eigenvalue weighted by Crippen LogP contribution is 2.25. The van der Waals surface area contributed by atoms with E-state index >= 15 is 0 Å². The zero-order chi connectivity index (χ0) is 18.7. The second-order valence-electron chi connectivity index (χ2n) is 5.99. The fraction of sp³-hybridized carbons (Fsp3) is 0.278. The minimum atomic E-state index is -3.21. The molecular weight excluding hydrogens is 376 g/mol. The van der Waals surface area contributed by atoms with Crippen LogP contribution in [-0.2, 0) is 14.8 Å². The number of hydrogen-bond donors (Lipinski definition) is 1. The van der Waals surface area contributed by atoms with Crippen molar-refractivity contribution in [3.63, 3.8) is 0 Å². The molecule has 1 N–H and O–H groups in total. The van der Waals surface area contributed by atoms with Gasteiger partial charge < -0.3 is 10.1 Å². The van der Waals surface area contributed by atoms with Crippen molar-refractivity contribution < 1.29 is 17.9 Å². The molecule has 0 bridgehead atoms. The van der Waals surface area contributed by atoms with Gasteiger partial charge in [-0.1, -0.05) is 11.6 Å². The van der Waals surface area contributed by atoms with Crippen molar-refractivity contribution in [1.29, 1.82) is 0 Å². The molecule has 0 saturated carbocycles. The first-order valence-electron chi connectivity index (χ1n) is 8.19. The highest BCUT2D eigenvalue weighted by atomic mass is 35.5. The lowest BCUT2D eigenvalue weighted by atomic mass is 10.2. The molecule has 0 aromatic heterocycles. The monoisotopic (exact) mass is 394 g/mol. The maximum atomic E-state index is 12.3. The topological polar surface area (TPSA) is 75.7 Å². The summed E-state index contributed by atoms with van der Waals surface area (Å²) in [6.07, 6.45) is -0.0739. The van der Waals surface area contributed by atoms with Crippen molar-refractivity contribution in [2.24, 2.45) is 0 Å². The summed E-state index contributed by atoms with van der Waals surface area (Å²) in [5.41, 5.74) is 1.17. The molecule has 1 amide bonds. The molecule has 1 atom stereocenters. The van der Waals surface area contributed by atoms with Crippen LogP contribution in [0.4, 0.5) is 11.4 Å². The van der Waals surface area contributed by atoms with E-state index < -0.39 is 16.1 Å². The van der Waals surface area contributed by atoms with Crippen molar-refractivity contribution in [3.05, 3.63) is 53.6 Å². The first-order chi connectivity index (χ1) is 12.3. The van der Waals surface area contributed by atoms with Gasteiger partial charge in [-0.2, -0.15) is 0 Å². The molecule has 3 rings (SSSR count). The average Bonchev–Trinajstić information content (AvgIpc) is 2.97. The Morgan fingerprint density at radius 1 is 1.15 bits per heavy atom. The van der Waals surface area contributed by atoms with Crippen molar-refractivity contribution in [2.75, 3.05) is 21.9 Å². The maximum Gasteiger partial charge on any atom is 0.265 e. The summed E-state index contributed by atoms with van der Waals surface area (Å²) in [7, 11) is -3.21. The molecule has 2 aromatic rings. The number of halogens is 1. The third kappa shape index (κ3) is 4.28. The Hall–Kier alpha value is -2.25. The van der Waals surface area contributed by atoms with Crippen molar-refractivity contribution in [1.82, 2.24) is 0 Å². The number of anilines is 2. The van der Waals surface area contributed by atoms with Crippen LogP contribution in [0.15, 0.2) is 48.5 Å². The van der Waals surface area contributed by atoms with E-state index in [4.69, 9.17) is 16.3 Å². The number of nitrogens with one attached hydrogen (secondary N) is 1. The number of hydrogen-bond acceptors (Lipinski definition) is 4. The molecule has 0 radical (unpaired) electrons. The predicted octanol–water partition coefficient (Wildman–Crippen LogP) is 3.29. The summed E-state index contributed by atoms with van der Waals surface area (Å²) >= 11 is 5.82. The summed E-state index contributed by atoms with van der Waals surface area (Å²) in [6, 6.07) is 13.5. The van der Waals surface area contributed by atoms with Crippen LogP contribution < -0.4 is 14.4 Å². The zero-order valence-electron chi connectivity index (χ0n) is 14.2. The van der Waals surface area contributed by atoms with Gasteiger partial charge in [0.2, 0.25) is 10.0 Å². The number of nitrogens with zero attached hydrogens (tertiary/aromatic N) is 1. The van der Waals surface area contributed by atoms with Gasteiger partial charge in [0.25, 0.3) is 5.91 Å². The molecule has 6 nitrogen and oxygen atoms in total. The molecule has 2 aromatic carbocycles. The summed E-state index contributed by atoms with van der Waals surface area (Å²) in [4.78, 5) is 12.3. The average molecular weight is 395 g/mol. The summed E-state index contributed by atoms with van der Waals surface area (Å²) in [6.45, 7) is 2.13. The van der Waals surface area contributed by atoms with Crippen LogP contribution in [0, 0.1) is 0 Å². The number of amides is 1. The molecule has 1 aliphatic heterocycles. The molecular formula is C18H19ClN2O4S. The Morgan fingerprint density at radius 2 is 1.81 bits per heavy atom.